The number of carbonyl (C=O) groups excluding carboxylic acids is 1. The summed E-state index contributed by atoms with van der Waals surface area (Å²) in [6, 6.07) is 0. The van der Waals surface area contributed by atoms with Crippen LogP contribution in [0.3, 0.4) is 0 Å². The minimum absolute atomic E-state index is 0.317. The van der Waals surface area contributed by atoms with Crippen molar-refractivity contribution in [1.29, 1.82) is 0 Å². The number of unbranched alkanes of at least 4 members (excludes halogenated alkanes) is 3. The van der Waals surface area contributed by atoms with E-state index in [1.807, 2.05) is 0 Å². The number of carbonyl (C=O) groups is 1. The van der Waals surface area contributed by atoms with Crippen LogP contribution in [-0.2, 0) is 4.79 Å². The lowest BCUT2D eigenvalue weighted by Crippen LogP contribution is -2.37. The van der Waals surface area contributed by atoms with Gasteiger partial charge < -0.3 is 5.32 Å². The smallest absolute Gasteiger partial charge is 0.223 e. The average Bonchev–Trinajstić information content (AvgIpc) is 2.50. The van der Waals surface area contributed by atoms with E-state index in [1.54, 1.807) is 0 Å². The quantitative estimate of drug-likeness (QED) is 0.528. The molecule has 2 fully saturated rings. The number of rotatable bonds is 7. The van der Waals surface area contributed by atoms with Crippen molar-refractivity contribution in [1.82, 2.24) is 5.32 Å². The first-order valence-electron chi connectivity index (χ1n) is 8.65. The first-order valence-corrected chi connectivity index (χ1v) is 9.77. The summed E-state index contributed by atoms with van der Waals surface area (Å²) in [5.41, 5.74) is 0. The second-order valence-electron chi connectivity index (χ2n) is 6.71. The highest BCUT2D eigenvalue weighted by Crippen LogP contribution is 2.42. The van der Waals surface area contributed by atoms with Crippen molar-refractivity contribution < 1.29 is 4.79 Å². The Hall–Kier alpha value is -0.0500. The molecule has 20 heavy (non-hydrogen) atoms. The lowest BCUT2D eigenvalue weighted by Gasteiger charge is -2.38. The Morgan fingerprint density at radius 1 is 0.950 bits per heavy atom. The van der Waals surface area contributed by atoms with Gasteiger partial charge in [0.05, 0.1) is 0 Å². The Bertz CT molecular complexity index is 295. The van der Waals surface area contributed by atoms with Crippen molar-refractivity contribution in [2.75, 3.05) is 11.9 Å². The molecule has 2 nitrogen and oxygen atoms in total. The normalized spacial score (nSPS) is 29.8. The van der Waals surface area contributed by atoms with Crippen molar-refractivity contribution in [3.8, 4) is 0 Å². The zero-order valence-corrected chi connectivity index (χ0v) is 14.3. The van der Waals surface area contributed by atoms with E-state index in [-0.39, 0.29) is 0 Å². The molecular weight excluding hydrogens is 314 g/mol. The van der Waals surface area contributed by atoms with Gasteiger partial charge in [0.2, 0.25) is 5.91 Å². The van der Waals surface area contributed by atoms with Crippen molar-refractivity contribution in [3.05, 3.63) is 0 Å². The molecule has 0 aromatic carbocycles. The number of nitrogens with one attached hydrogen (secondary N) is 1. The van der Waals surface area contributed by atoms with Gasteiger partial charge in [0.1, 0.15) is 0 Å². The first kappa shape index (κ1) is 16.3. The predicted octanol–water partition coefficient (Wildman–Crippen LogP) is 4.66. The van der Waals surface area contributed by atoms with E-state index in [0.717, 1.165) is 36.6 Å². The molecule has 116 valence electrons. The second kappa shape index (κ2) is 9.07. The van der Waals surface area contributed by atoms with Gasteiger partial charge in [-0.3, -0.25) is 4.79 Å². The fourth-order valence-electron chi connectivity index (χ4n) is 4.04. The Morgan fingerprint density at radius 3 is 2.50 bits per heavy atom. The number of hydrogen-bond donors (Lipinski definition) is 1. The van der Waals surface area contributed by atoms with Crippen molar-refractivity contribution in [2.24, 2.45) is 17.8 Å². The van der Waals surface area contributed by atoms with Gasteiger partial charge in [0.25, 0.3) is 0 Å². The van der Waals surface area contributed by atoms with Crippen LogP contribution < -0.4 is 5.32 Å². The zero-order chi connectivity index (χ0) is 14.2. The van der Waals surface area contributed by atoms with Crippen LogP contribution in [0, 0.1) is 17.8 Å². The van der Waals surface area contributed by atoms with Gasteiger partial charge in [-0.05, 0) is 43.9 Å². The highest BCUT2D eigenvalue weighted by Gasteiger charge is 2.34. The molecule has 0 aliphatic heterocycles. The Balaban J connectivity index is 1.60. The van der Waals surface area contributed by atoms with Gasteiger partial charge in [-0.1, -0.05) is 54.5 Å². The molecule has 0 bridgehead atoms. The van der Waals surface area contributed by atoms with E-state index in [2.05, 4.69) is 21.2 Å². The lowest BCUT2D eigenvalue weighted by atomic mass is 9.67. The molecule has 2 rings (SSSR count). The highest BCUT2D eigenvalue weighted by molar-refractivity contribution is 9.09. The third kappa shape index (κ3) is 5.05. The summed E-state index contributed by atoms with van der Waals surface area (Å²) in [6.45, 7) is 0.881. The SMILES string of the molecule is O=C(NCCCCCCBr)C1CCC2CCCCC2C1. The van der Waals surface area contributed by atoms with Crippen LogP contribution in [0.5, 0.6) is 0 Å². The van der Waals surface area contributed by atoms with E-state index < -0.39 is 0 Å². The van der Waals surface area contributed by atoms with Gasteiger partial charge in [0.15, 0.2) is 0 Å². The fraction of sp³-hybridized carbons (Fsp3) is 0.941. The van der Waals surface area contributed by atoms with Gasteiger partial charge >= 0.3 is 0 Å². The van der Waals surface area contributed by atoms with Gasteiger partial charge in [0, 0.05) is 17.8 Å². The molecule has 3 heteroatoms. The molecule has 0 aromatic heterocycles. The fourth-order valence-corrected chi connectivity index (χ4v) is 4.44. The summed E-state index contributed by atoms with van der Waals surface area (Å²) >= 11 is 3.45. The molecule has 3 unspecified atom stereocenters. The highest BCUT2D eigenvalue weighted by atomic mass is 79.9. The number of hydrogen-bond acceptors (Lipinski definition) is 1. The molecule has 0 radical (unpaired) electrons. The molecular formula is C17H30BrNO. The first-order chi connectivity index (χ1) is 9.81. The molecule has 0 spiro atoms. The third-order valence-corrected chi connectivity index (χ3v) is 5.83. The monoisotopic (exact) mass is 343 g/mol. The maximum Gasteiger partial charge on any atom is 0.223 e. The summed E-state index contributed by atoms with van der Waals surface area (Å²) in [5.74, 6) is 2.45. The molecule has 3 atom stereocenters. The molecule has 2 saturated carbocycles. The number of alkyl halides is 1. The molecule has 1 amide bonds. The summed E-state index contributed by atoms with van der Waals surface area (Å²) in [7, 11) is 0. The Morgan fingerprint density at radius 2 is 1.70 bits per heavy atom. The van der Waals surface area contributed by atoms with Gasteiger partial charge in [-0.25, -0.2) is 0 Å². The lowest BCUT2D eigenvalue weighted by molar-refractivity contribution is -0.127. The molecule has 1 N–H and O–H groups in total. The van der Waals surface area contributed by atoms with Crippen LogP contribution in [-0.4, -0.2) is 17.8 Å². The second-order valence-corrected chi connectivity index (χ2v) is 7.50. The van der Waals surface area contributed by atoms with E-state index >= 15 is 0 Å². The Kier molecular flexibility index (Phi) is 7.40. The maximum absolute atomic E-state index is 12.2. The van der Waals surface area contributed by atoms with Gasteiger partial charge in [-0.2, -0.15) is 0 Å². The minimum atomic E-state index is 0.317. The van der Waals surface area contributed by atoms with E-state index in [1.165, 1.54) is 57.8 Å². The largest absolute Gasteiger partial charge is 0.356 e. The molecule has 0 saturated heterocycles. The third-order valence-electron chi connectivity index (χ3n) is 5.27. The summed E-state index contributed by atoms with van der Waals surface area (Å²) < 4.78 is 0. The average molecular weight is 344 g/mol. The van der Waals surface area contributed by atoms with Crippen LogP contribution in [0.15, 0.2) is 0 Å². The van der Waals surface area contributed by atoms with Crippen molar-refractivity contribution in [2.45, 2.75) is 70.6 Å². The zero-order valence-electron chi connectivity index (χ0n) is 12.7. The van der Waals surface area contributed by atoms with Crippen molar-refractivity contribution >= 4 is 21.8 Å². The summed E-state index contributed by atoms with van der Waals surface area (Å²) in [4.78, 5) is 12.2. The summed E-state index contributed by atoms with van der Waals surface area (Å²) in [5, 5.41) is 4.28. The predicted molar refractivity (Wildman–Crippen MR) is 88.1 cm³/mol. The molecule has 2 aliphatic carbocycles. The number of fused-ring (bicyclic) bond motifs is 1. The number of amides is 1. The van der Waals surface area contributed by atoms with Crippen LogP contribution >= 0.6 is 15.9 Å². The Labute approximate surface area is 132 Å². The van der Waals surface area contributed by atoms with Crippen LogP contribution in [0.25, 0.3) is 0 Å². The molecule has 0 aromatic rings. The minimum Gasteiger partial charge on any atom is -0.356 e. The van der Waals surface area contributed by atoms with Crippen molar-refractivity contribution in [3.63, 3.8) is 0 Å². The van der Waals surface area contributed by atoms with Crippen LogP contribution in [0.4, 0.5) is 0 Å². The van der Waals surface area contributed by atoms with E-state index in [4.69, 9.17) is 0 Å². The van der Waals surface area contributed by atoms with Gasteiger partial charge in [-0.15, -0.1) is 0 Å². The van der Waals surface area contributed by atoms with E-state index in [0.29, 0.717) is 11.8 Å². The molecule has 2 aliphatic rings. The van der Waals surface area contributed by atoms with E-state index in [9.17, 15) is 4.79 Å². The summed E-state index contributed by atoms with van der Waals surface area (Å²) in [6.07, 6.45) is 14.1. The number of halogens is 1. The molecule has 0 heterocycles. The maximum atomic E-state index is 12.2. The van der Waals surface area contributed by atoms with Crippen LogP contribution in [0.1, 0.15) is 70.6 Å². The standard InChI is InChI=1S/C17H30BrNO/c18-11-5-1-2-6-12-19-17(20)16-10-9-14-7-3-4-8-15(14)13-16/h14-16H,1-13H2,(H,19,20). The topological polar surface area (TPSA) is 29.1 Å². The van der Waals surface area contributed by atoms with Crippen LogP contribution in [0.2, 0.25) is 0 Å².